The normalized spacial score (nSPS) is 20.7. The quantitative estimate of drug-likeness (QED) is 0.227. The summed E-state index contributed by atoms with van der Waals surface area (Å²) in [6.45, 7) is 9.28. The van der Waals surface area contributed by atoms with E-state index in [0.717, 1.165) is 69.5 Å². The summed E-state index contributed by atoms with van der Waals surface area (Å²) >= 11 is 0.993. The number of hydrogen-bond donors (Lipinski definition) is 2. The van der Waals surface area contributed by atoms with Gasteiger partial charge in [-0.05, 0) is 69.3 Å². The fourth-order valence-electron chi connectivity index (χ4n) is 7.44. The Kier molecular flexibility index (Phi) is 8.91. The molecule has 2 aromatic carbocycles. The smallest absolute Gasteiger partial charge is 0.319 e. The van der Waals surface area contributed by atoms with Crippen molar-refractivity contribution in [3.8, 4) is 23.2 Å². The molecule has 5 heterocycles. The number of nitrogens with zero attached hydrogens (tertiary/aromatic N) is 5. The first-order valence-electron chi connectivity index (χ1n) is 16.8. The Balaban J connectivity index is 0.00000172. The average Bonchev–Trinajstić information content (AvgIpc) is 3.56. The molecule has 0 spiro atoms. The molecule has 0 amide bonds. The first kappa shape index (κ1) is 31.9. The zero-order valence-corrected chi connectivity index (χ0v) is 27.8. The minimum atomic E-state index is -0.576. The number of benzene rings is 2. The zero-order valence-electron chi connectivity index (χ0n) is 27.0. The van der Waals surface area contributed by atoms with Gasteiger partial charge in [0, 0.05) is 42.0 Å². The van der Waals surface area contributed by atoms with Crippen LogP contribution in [0.25, 0.3) is 32.1 Å². The van der Waals surface area contributed by atoms with Crippen molar-refractivity contribution in [2.24, 2.45) is 0 Å². The van der Waals surface area contributed by atoms with E-state index in [9.17, 15) is 9.65 Å². The van der Waals surface area contributed by atoms with Crippen LogP contribution in [0.3, 0.4) is 0 Å². The van der Waals surface area contributed by atoms with Crippen LogP contribution in [0.2, 0.25) is 0 Å². The molecule has 4 fully saturated rings. The van der Waals surface area contributed by atoms with Gasteiger partial charge in [-0.3, -0.25) is 4.90 Å². The molecule has 1 unspecified atom stereocenters. The lowest BCUT2D eigenvalue weighted by molar-refractivity contribution is 0.0961. The van der Waals surface area contributed by atoms with E-state index >= 15 is 4.39 Å². The van der Waals surface area contributed by atoms with Gasteiger partial charge in [0.2, 0.25) is 0 Å². The number of anilines is 2. The topological polar surface area (TPSA) is 113 Å². The van der Waals surface area contributed by atoms with Crippen molar-refractivity contribution in [1.29, 1.82) is 5.26 Å². The van der Waals surface area contributed by atoms with Crippen LogP contribution >= 0.6 is 11.3 Å². The number of ether oxygens (including phenoxy) is 2. The monoisotopic (exact) mass is 661 g/mol. The van der Waals surface area contributed by atoms with E-state index in [1.807, 2.05) is 19.9 Å². The molecule has 3 saturated heterocycles. The molecule has 3 N–H and O–H groups in total. The van der Waals surface area contributed by atoms with Gasteiger partial charge in [-0.2, -0.15) is 15.2 Å². The second-order valence-corrected chi connectivity index (χ2v) is 13.8. The number of nitrogens with two attached hydrogens (primary N) is 1. The third kappa shape index (κ3) is 5.88. The minimum absolute atomic E-state index is 0.0224. The van der Waals surface area contributed by atoms with E-state index in [1.165, 1.54) is 12.1 Å². The van der Waals surface area contributed by atoms with Crippen LogP contribution in [0.1, 0.15) is 57.9 Å². The fraction of sp³-hybridized carbons (Fsp3) is 0.514. The van der Waals surface area contributed by atoms with Crippen LogP contribution in [0.15, 0.2) is 24.3 Å². The van der Waals surface area contributed by atoms with Crippen molar-refractivity contribution in [1.82, 2.24) is 20.2 Å². The highest BCUT2D eigenvalue weighted by Crippen LogP contribution is 2.43. The van der Waals surface area contributed by atoms with Crippen molar-refractivity contribution >= 4 is 43.1 Å². The van der Waals surface area contributed by atoms with Gasteiger partial charge >= 0.3 is 6.01 Å². The average molecular weight is 662 g/mol. The number of rotatable bonds is 8. The SMILES string of the molecule is CC.N#Cc1c(N)sc2c(F)ccc(-c3ccc4c(N5CCNC(COC6CC6)C5)nc(OCC56CCCN5CCC6)nc4c3F)c12. The molecule has 0 radical (unpaired) electrons. The Morgan fingerprint density at radius 2 is 1.85 bits per heavy atom. The lowest BCUT2D eigenvalue weighted by Crippen LogP contribution is -2.53. The Morgan fingerprint density at radius 1 is 1.09 bits per heavy atom. The minimum Gasteiger partial charge on any atom is -0.461 e. The Bertz CT molecular complexity index is 1830. The van der Waals surface area contributed by atoms with Crippen LogP contribution in [0, 0.1) is 23.0 Å². The van der Waals surface area contributed by atoms with Crippen LogP contribution in [0.5, 0.6) is 6.01 Å². The van der Waals surface area contributed by atoms with Gasteiger partial charge in [-0.25, -0.2) is 8.78 Å². The summed E-state index contributed by atoms with van der Waals surface area (Å²) in [5.74, 6) is -0.459. The molecule has 47 heavy (non-hydrogen) atoms. The van der Waals surface area contributed by atoms with Gasteiger partial charge in [0.1, 0.15) is 34.8 Å². The Morgan fingerprint density at radius 3 is 2.60 bits per heavy atom. The summed E-state index contributed by atoms with van der Waals surface area (Å²) in [6, 6.07) is 8.61. The molecule has 248 valence electrons. The van der Waals surface area contributed by atoms with Gasteiger partial charge in [0.15, 0.2) is 5.82 Å². The van der Waals surface area contributed by atoms with Crippen molar-refractivity contribution in [2.75, 3.05) is 56.6 Å². The highest BCUT2D eigenvalue weighted by Gasteiger charge is 2.45. The number of nitriles is 1. The first-order valence-corrected chi connectivity index (χ1v) is 17.6. The summed E-state index contributed by atoms with van der Waals surface area (Å²) < 4.78 is 44.2. The summed E-state index contributed by atoms with van der Waals surface area (Å²) in [7, 11) is 0. The van der Waals surface area contributed by atoms with Gasteiger partial charge < -0.3 is 25.4 Å². The van der Waals surface area contributed by atoms with E-state index in [0.29, 0.717) is 54.6 Å². The van der Waals surface area contributed by atoms with Crippen LogP contribution < -0.4 is 20.7 Å². The number of nitrogen functional groups attached to an aromatic ring is 1. The van der Waals surface area contributed by atoms with E-state index in [2.05, 4.69) is 26.2 Å². The fourth-order valence-corrected chi connectivity index (χ4v) is 8.39. The molecule has 1 aliphatic carbocycles. The molecule has 3 aliphatic heterocycles. The van der Waals surface area contributed by atoms with Gasteiger partial charge in [0.25, 0.3) is 0 Å². The number of thiophene rings is 1. The summed E-state index contributed by atoms with van der Waals surface area (Å²) in [6.07, 6.45) is 7.00. The Hall–Kier alpha value is -3.63. The van der Waals surface area contributed by atoms with E-state index in [1.54, 1.807) is 6.07 Å². The largest absolute Gasteiger partial charge is 0.461 e. The van der Waals surface area contributed by atoms with Crippen LogP contribution in [-0.2, 0) is 4.74 Å². The molecule has 8 rings (SSSR count). The molecular formula is C35H41F2N7O2S. The predicted molar refractivity (Wildman–Crippen MR) is 182 cm³/mol. The first-order chi connectivity index (χ1) is 22.9. The van der Waals surface area contributed by atoms with E-state index in [4.69, 9.17) is 20.2 Å². The summed E-state index contributed by atoms with van der Waals surface area (Å²) in [5.41, 5.74) is 6.94. The number of nitrogens with one attached hydrogen (secondary N) is 1. The lowest BCUT2D eigenvalue weighted by atomic mass is 9.95. The standard InChI is InChI=1S/C33H35F2N7O2S.C2H6/c34-25-8-7-21(26-24(15-36)30(37)45-29(25)26)22-5-6-23-28(27(22)35)39-32(44-18-33-9-1-12-42(33)13-2-10-33)40-31(23)41-14-11-38-19(16-41)17-43-20-3-4-20;1-2/h5-8,19-20,38H,1-4,9-14,16-18,37H2;1-2H3. The summed E-state index contributed by atoms with van der Waals surface area (Å²) in [4.78, 5) is 14.2. The van der Waals surface area contributed by atoms with Gasteiger partial charge in [-0.15, -0.1) is 11.3 Å². The second kappa shape index (κ2) is 13.1. The number of halogens is 2. The Labute approximate surface area is 277 Å². The van der Waals surface area contributed by atoms with Crippen molar-refractivity contribution in [3.05, 3.63) is 41.5 Å². The molecule has 1 atom stereocenters. The molecule has 0 bridgehead atoms. The molecule has 12 heteroatoms. The van der Waals surface area contributed by atoms with Crippen molar-refractivity contribution in [3.63, 3.8) is 0 Å². The lowest BCUT2D eigenvalue weighted by Gasteiger charge is -2.35. The molecular weight excluding hydrogens is 620 g/mol. The number of piperazine rings is 1. The maximum atomic E-state index is 16.8. The predicted octanol–water partition coefficient (Wildman–Crippen LogP) is 6.23. The molecule has 1 saturated carbocycles. The summed E-state index contributed by atoms with van der Waals surface area (Å²) in [5, 5.41) is 14.5. The number of fused-ring (bicyclic) bond motifs is 3. The molecule has 4 aliphatic rings. The van der Waals surface area contributed by atoms with Gasteiger partial charge in [-0.1, -0.05) is 26.0 Å². The van der Waals surface area contributed by atoms with Crippen molar-refractivity contribution < 1.29 is 18.3 Å². The third-order valence-corrected chi connectivity index (χ3v) is 10.9. The highest BCUT2D eigenvalue weighted by atomic mass is 32.1. The van der Waals surface area contributed by atoms with Crippen LogP contribution in [0.4, 0.5) is 19.6 Å². The second-order valence-electron chi connectivity index (χ2n) is 12.7. The number of aromatic nitrogens is 2. The maximum Gasteiger partial charge on any atom is 0.319 e. The molecule has 2 aromatic heterocycles. The zero-order chi connectivity index (χ0) is 32.7. The molecule has 4 aromatic rings. The number of hydrogen-bond acceptors (Lipinski definition) is 10. The van der Waals surface area contributed by atoms with Crippen LogP contribution in [-0.4, -0.2) is 78.5 Å². The highest BCUT2D eigenvalue weighted by molar-refractivity contribution is 7.23. The van der Waals surface area contributed by atoms with Crippen molar-refractivity contribution in [2.45, 2.75) is 70.1 Å². The van der Waals surface area contributed by atoms with E-state index in [-0.39, 0.29) is 43.9 Å². The van der Waals surface area contributed by atoms with Gasteiger partial charge in [0.05, 0.1) is 28.5 Å². The van der Waals surface area contributed by atoms with E-state index < -0.39 is 11.6 Å². The third-order valence-electron chi connectivity index (χ3n) is 9.88. The maximum absolute atomic E-state index is 16.8. The molecule has 9 nitrogen and oxygen atoms in total.